The fourth-order valence-corrected chi connectivity index (χ4v) is 2.68. The summed E-state index contributed by atoms with van der Waals surface area (Å²) in [6, 6.07) is 3.79. The summed E-state index contributed by atoms with van der Waals surface area (Å²) < 4.78 is 39.5. The molecule has 1 unspecified atom stereocenters. The van der Waals surface area contributed by atoms with Gasteiger partial charge in [-0.15, -0.1) is 0 Å². The van der Waals surface area contributed by atoms with Crippen molar-refractivity contribution in [2.45, 2.75) is 13.0 Å². The predicted molar refractivity (Wildman–Crippen MR) is 96.4 cm³/mol. The number of nitrogens with one attached hydrogen (secondary N) is 3. The third-order valence-corrected chi connectivity index (χ3v) is 4.08. The number of urea groups is 1. The molecule has 0 heterocycles. The molecule has 3 amide bonds. The van der Waals surface area contributed by atoms with E-state index in [1.807, 2.05) is 0 Å². The molecule has 2 rings (SSSR count). The third-order valence-electron chi connectivity index (χ3n) is 3.47. The van der Waals surface area contributed by atoms with Crippen molar-refractivity contribution < 1.29 is 22.8 Å². The fraction of sp³-hybridized carbons (Fsp3) is 0.176. The summed E-state index contributed by atoms with van der Waals surface area (Å²) in [4.78, 5) is 23.6. The Morgan fingerprint density at radius 1 is 1.00 bits per heavy atom. The second kappa shape index (κ2) is 8.96. The van der Waals surface area contributed by atoms with Gasteiger partial charge in [0.15, 0.2) is 11.6 Å². The minimum atomic E-state index is -1.11. The van der Waals surface area contributed by atoms with E-state index in [1.165, 1.54) is 12.1 Å². The number of carbonyl (C=O) groups excluding carboxylic acids is 2. The van der Waals surface area contributed by atoms with Gasteiger partial charge in [0.25, 0.3) is 0 Å². The van der Waals surface area contributed by atoms with Crippen molar-refractivity contribution in [1.82, 2.24) is 10.6 Å². The number of amides is 3. The van der Waals surface area contributed by atoms with E-state index < -0.39 is 42.0 Å². The normalized spacial score (nSPS) is 11.6. The van der Waals surface area contributed by atoms with Crippen molar-refractivity contribution in [2.24, 2.45) is 0 Å². The Bertz CT molecular complexity index is 881. The summed E-state index contributed by atoms with van der Waals surface area (Å²) in [5.41, 5.74) is 0.345. The number of rotatable bonds is 5. The lowest BCUT2D eigenvalue weighted by atomic mass is 10.1. The molecule has 5 nitrogen and oxygen atoms in total. The average molecular weight is 420 g/mol. The van der Waals surface area contributed by atoms with Crippen LogP contribution in [0.3, 0.4) is 0 Å². The van der Waals surface area contributed by atoms with Crippen LogP contribution < -0.4 is 16.0 Å². The maximum atomic E-state index is 13.5. The number of halogens is 5. The van der Waals surface area contributed by atoms with E-state index in [1.54, 1.807) is 6.92 Å². The molecular weight excluding hydrogens is 406 g/mol. The quantitative estimate of drug-likeness (QED) is 0.628. The first kappa shape index (κ1) is 20.9. The maximum Gasteiger partial charge on any atom is 0.315 e. The van der Waals surface area contributed by atoms with Crippen LogP contribution in [0.1, 0.15) is 18.5 Å². The van der Waals surface area contributed by atoms with Gasteiger partial charge >= 0.3 is 6.03 Å². The second-order valence-electron chi connectivity index (χ2n) is 5.51. The van der Waals surface area contributed by atoms with Crippen molar-refractivity contribution in [3.63, 3.8) is 0 Å². The Labute approximate surface area is 162 Å². The Morgan fingerprint density at radius 3 is 2.37 bits per heavy atom. The van der Waals surface area contributed by atoms with Gasteiger partial charge in [0, 0.05) is 16.8 Å². The van der Waals surface area contributed by atoms with Gasteiger partial charge < -0.3 is 16.0 Å². The second-order valence-corrected chi connectivity index (χ2v) is 6.33. The minimum absolute atomic E-state index is 0.0397. The molecule has 0 aliphatic rings. The van der Waals surface area contributed by atoms with Crippen LogP contribution in [0, 0.1) is 17.5 Å². The first-order valence-electron chi connectivity index (χ1n) is 7.61. The molecule has 1 atom stereocenters. The van der Waals surface area contributed by atoms with E-state index >= 15 is 0 Å². The van der Waals surface area contributed by atoms with E-state index in [9.17, 15) is 22.8 Å². The molecule has 2 aromatic carbocycles. The van der Waals surface area contributed by atoms with Gasteiger partial charge in [-0.1, -0.05) is 23.2 Å². The van der Waals surface area contributed by atoms with Crippen molar-refractivity contribution in [2.75, 3.05) is 11.9 Å². The Morgan fingerprint density at radius 2 is 1.70 bits per heavy atom. The van der Waals surface area contributed by atoms with Crippen molar-refractivity contribution >= 4 is 40.8 Å². The van der Waals surface area contributed by atoms with Crippen LogP contribution in [0.5, 0.6) is 0 Å². The monoisotopic (exact) mass is 419 g/mol. The van der Waals surface area contributed by atoms with E-state index in [2.05, 4.69) is 16.0 Å². The Hall–Kier alpha value is -2.45. The lowest BCUT2D eigenvalue weighted by Gasteiger charge is -2.17. The van der Waals surface area contributed by atoms with Crippen LogP contribution in [0.25, 0.3) is 0 Å². The fourth-order valence-electron chi connectivity index (χ4n) is 2.13. The summed E-state index contributed by atoms with van der Waals surface area (Å²) in [5.74, 6) is -3.49. The topological polar surface area (TPSA) is 70.2 Å². The molecule has 0 bridgehead atoms. The van der Waals surface area contributed by atoms with Crippen molar-refractivity contribution in [3.8, 4) is 0 Å². The number of carbonyl (C=O) groups is 2. The molecule has 0 saturated carbocycles. The zero-order valence-electron chi connectivity index (χ0n) is 13.9. The molecule has 10 heteroatoms. The molecule has 27 heavy (non-hydrogen) atoms. The number of benzene rings is 2. The zero-order valence-corrected chi connectivity index (χ0v) is 15.4. The molecule has 0 aliphatic heterocycles. The van der Waals surface area contributed by atoms with Crippen LogP contribution in [0.2, 0.25) is 10.0 Å². The van der Waals surface area contributed by atoms with Crippen LogP contribution >= 0.6 is 23.2 Å². The third kappa shape index (κ3) is 5.77. The molecule has 0 spiro atoms. The van der Waals surface area contributed by atoms with Crippen LogP contribution in [-0.4, -0.2) is 18.5 Å². The van der Waals surface area contributed by atoms with Gasteiger partial charge in [-0.25, -0.2) is 18.0 Å². The van der Waals surface area contributed by atoms with Gasteiger partial charge in [0.1, 0.15) is 5.82 Å². The average Bonchev–Trinajstić information content (AvgIpc) is 2.59. The molecular formula is C17H14Cl2F3N3O2. The molecule has 0 aliphatic carbocycles. The van der Waals surface area contributed by atoms with Crippen LogP contribution in [0.15, 0.2) is 30.3 Å². The summed E-state index contributed by atoms with van der Waals surface area (Å²) in [6.07, 6.45) is 0. The standard InChI is InChI=1S/C17H14Cl2F3N3O2/c1-8(10-5-14(21)12(19)6-11(10)18)24-17(27)23-7-16(26)25-9-2-3-13(20)15(22)4-9/h2-6,8H,7H2,1H3,(H,25,26)(H2,23,24,27). The summed E-state index contributed by atoms with van der Waals surface area (Å²) in [5, 5.41) is 7.09. The smallest absolute Gasteiger partial charge is 0.315 e. The molecule has 0 aromatic heterocycles. The molecule has 3 N–H and O–H groups in total. The van der Waals surface area contributed by atoms with E-state index in [0.717, 1.165) is 18.2 Å². The van der Waals surface area contributed by atoms with Gasteiger partial charge in [-0.3, -0.25) is 4.79 Å². The van der Waals surface area contributed by atoms with Gasteiger partial charge in [0.2, 0.25) is 5.91 Å². The lowest BCUT2D eigenvalue weighted by Crippen LogP contribution is -2.41. The summed E-state index contributed by atoms with van der Waals surface area (Å²) in [6.45, 7) is 1.13. The summed E-state index contributed by atoms with van der Waals surface area (Å²) >= 11 is 11.6. The first-order chi connectivity index (χ1) is 12.7. The van der Waals surface area contributed by atoms with E-state index in [0.29, 0.717) is 5.56 Å². The van der Waals surface area contributed by atoms with E-state index in [-0.39, 0.29) is 15.7 Å². The van der Waals surface area contributed by atoms with Gasteiger partial charge in [-0.05, 0) is 36.8 Å². The van der Waals surface area contributed by atoms with Crippen LogP contribution in [-0.2, 0) is 4.79 Å². The highest BCUT2D eigenvalue weighted by Crippen LogP contribution is 2.28. The Balaban J connectivity index is 1.87. The first-order valence-corrected chi connectivity index (χ1v) is 8.36. The zero-order chi connectivity index (χ0) is 20.1. The van der Waals surface area contributed by atoms with Crippen LogP contribution in [0.4, 0.5) is 23.7 Å². The number of anilines is 1. The number of hydrogen-bond donors (Lipinski definition) is 3. The van der Waals surface area contributed by atoms with Gasteiger partial charge in [-0.2, -0.15) is 0 Å². The highest BCUT2D eigenvalue weighted by molar-refractivity contribution is 6.35. The van der Waals surface area contributed by atoms with Gasteiger partial charge in [0.05, 0.1) is 17.6 Å². The highest BCUT2D eigenvalue weighted by Gasteiger charge is 2.16. The maximum absolute atomic E-state index is 13.5. The molecule has 144 valence electrons. The SMILES string of the molecule is CC(NC(=O)NCC(=O)Nc1ccc(F)c(F)c1)c1cc(F)c(Cl)cc1Cl. The highest BCUT2D eigenvalue weighted by atomic mass is 35.5. The Kier molecular flexibility index (Phi) is 6.92. The van der Waals surface area contributed by atoms with E-state index in [4.69, 9.17) is 23.2 Å². The predicted octanol–water partition coefficient (Wildman–Crippen LogP) is 4.41. The molecule has 0 radical (unpaired) electrons. The number of hydrogen-bond acceptors (Lipinski definition) is 2. The van der Waals surface area contributed by atoms with Crippen molar-refractivity contribution in [1.29, 1.82) is 0 Å². The molecule has 2 aromatic rings. The minimum Gasteiger partial charge on any atom is -0.332 e. The lowest BCUT2D eigenvalue weighted by molar-refractivity contribution is -0.115. The van der Waals surface area contributed by atoms with Crippen molar-refractivity contribution in [3.05, 3.63) is 63.4 Å². The largest absolute Gasteiger partial charge is 0.332 e. The molecule has 0 saturated heterocycles. The molecule has 0 fully saturated rings. The summed E-state index contributed by atoms with van der Waals surface area (Å²) in [7, 11) is 0.